The van der Waals surface area contributed by atoms with Crippen LogP contribution in [0.1, 0.15) is 46.4 Å². The summed E-state index contributed by atoms with van der Waals surface area (Å²) in [5.41, 5.74) is 6.60. The Balaban J connectivity index is 1.51. The Morgan fingerprint density at radius 1 is 1.22 bits per heavy atom. The number of nitrogen functional groups attached to an aromatic ring is 1. The van der Waals surface area contributed by atoms with Crippen LogP contribution in [0.15, 0.2) is 42.5 Å². The maximum Gasteiger partial charge on any atom is 0.337 e. The van der Waals surface area contributed by atoms with E-state index in [9.17, 15) is 14.0 Å². The van der Waals surface area contributed by atoms with Gasteiger partial charge in [0.25, 0.3) is 11.8 Å². The van der Waals surface area contributed by atoms with Crippen molar-refractivity contribution in [2.75, 3.05) is 30.7 Å². The number of carbonyl (C=O) groups excluding carboxylic acids is 2. The molecule has 2 amide bonds. The number of halogens is 3. The topological polar surface area (TPSA) is 132 Å². The molecule has 1 aliphatic heterocycles. The molecule has 1 atom stereocenters. The van der Waals surface area contributed by atoms with E-state index in [0.29, 0.717) is 30.9 Å². The first-order valence-electron chi connectivity index (χ1n) is 12.4. The molecule has 4 rings (SSSR count). The van der Waals surface area contributed by atoms with Crippen LogP contribution in [0.25, 0.3) is 0 Å². The van der Waals surface area contributed by atoms with E-state index in [1.54, 1.807) is 29.2 Å². The van der Waals surface area contributed by atoms with E-state index in [4.69, 9.17) is 38.3 Å². The first-order valence-corrected chi connectivity index (χ1v) is 13.2. The van der Waals surface area contributed by atoms with E-state index in [1.807, 2.05) is 13.8 Å². The number of ether oxygens (including phenoxy) is 1. The zero-order valence-electron chi connectivity index (χ0n) is 22.4. The summed E-state index contributed by atoms with van der Waals surface area (Å²) in [7, 11) is 1.33. The Morgan fingerprint density at radius 2 is 1.95 bits per heavy atom. The first kappa shape index (κ1) is 29.9. The number of piperazine rings is 1. The van der Waals surface area contributed by atoms with Crippen LogP contribution in [0.3, 0.4) is 0 Å². The number of rotatable bonds is 6. The molecule has 1 saturated heterocycles. The van der Waals surface area contributed by atoms with Crippen LogP contribution in [0.4, 0.5) is 15.9 Å². The number of nitrogens with one attached hydrogen (secondary N) is 2. The Morgan fingerprint density at radius 3 is 2.63 bits per heavy atom. The van der Waals surface area contributed by atoms with E-state index < -0.39 is 17.8 Å². The summed E-state index contributed by atoms with van der Waals surface area (Å²) in [5, 5.41) is 13.5. The summed E-state index contributed by atoms with van der Waals surface area (Å²) in [6.07, 6.45) is 1.14. The van der Waals surface area contributed by atoms with Gasteiger partial charge in [-0.1, -0.05) is 23.2 Å². The van der Waals surface area contributed by atoms with Crippen LogP contribution in [0.2, 0.25) is 10.0 Å². The second-order valence-electron chi connectivity index (χ2n) is 9.75. The van der Waals surface area contributed by atoms with Crippen molar-refractivity contribution >= 4 is 54.6 Å². The van der Waals surface area contributed by atoms with Crippen molar-refractivity contribution in [2.24, 2.45) is 0 Å². The van der Waals surface area contributed by atoms with Gasteiger partial charge in [0, 0.05) is 48.1 Å². The number of nitrogens with two attached hydrogens (primary N) is 1. The number of anilines is 2. The Kier molecular flexibility index (Phi) is 9.23. The lowest BCUT2D eigenvalue weighted by atomic mass is 10.0. The average molecular weight is 599 g/mol. The van der Waals surface area contributed by atoms with Gasteiger partial charge in [0.15, 0.2) is 23.4 Å². The van der Waals surface area contributed by atoms with Crippen LogP contribution < -0.4 is 21.1 Å². The van der Waals surface area contributed by atoms with Gasteiger partial charge in [0.1, 0.15) is 5.82 Å². The fraction of sp³-hybridized carbons (Fsp3) is 0.259. The SMILES string of the molecule is BOC#C[C@@H](Oc1cc(C(=O)Nc2ccc(C(=O)N3CCNC(C)(C)C3)cc2)nnc1N)c1c(Cl)ccc(F)c1Cl. The summed E-state index contributed by atoms with van der Waals surface area (Å²) >= 11 is 12.4. The summed E-state index contributed by atoms with van der Waals surface area (Å²) in [4.78, 5) is 27.7. The molecule has 212 valence electrons. The molecule has 41 heavy (non-hydrogen) atoms. The maximum absolute atomic E-state index is 14.2. The Labute approximate surface area is 247 Å². The van der Waals surface area contributed by atoms with E-state index in [-0.39, 0.29) is 44.3 Å². The molecule has 10 nitrogen and oxygen atoms in total. The Hall–Kier alpha value is -4.05. The molecule has 3 aromatic rings. The van der Waals surface area contributed by atoms with Crippen molar-refractivity contribution in [3.05, 3.63) is 75.1 Å². The van der Waals surface area contributed by atoms with E-state index in [0.717, 1.165) is 6.07 Å². The lowest BCUT2D eigenvalue weighted by Crippen LogP contribution is -2.58. The number of amides is 2. The van der Waals surface area contributed by atoms with Crippen molar-refractivity contribution < 1.29 is 23.4 Å². The van der Waals surface area contributed by atoms with Crippen LogP contribution in [-0.4, -0.2) is 60.1 Å². The first-order chi connectivity index (χ1) is 19.5. The molecule has 1 aromatic heterocycles. The minimum atomic E-state index is -1.22. The predicted molar refractivity (Wildman–Crippen MR) is 156 cm³/mol. The Bertz CT molecular complexity index is 1530. The van der Waals surface area contributed by atoms with E-state index in [1.165, 1.54) is 20.2 Å². The molecule has 0 bridgehead atoms. The second kappa shape index (κ2) is 12.6. The van der Waals surface area contributed by atoms with Crippen LogP contribution in [0, 0.1) is 17.8 Å². The van der Waals surface area contributed by atoms with Gasteiger partial charge in [0.2, 0.25) is 0 Å². The zero-order chi connectivity index (χ0) is 29.7. The van der Waals surface area contributed by atoms with Gasteiger partial charge in [-0.2, -0.15) is 0 Å². The molecule has 0 unspecified atom stereocenters. The molecule has 0 radical (unpaired) electrons. The van der Waals surface area contributed by atoms with Crippen LogP contribution in [-0.2, 0) is 4.65 Å². The van der Waals surface area contributed by atoms with Crippen LogP contribution in [0.5, 0.6) is 5.75 Å². The molecule has 1 aliphatic rings. The lowest BCUT2D eigenvalue weighted by Gasteiger charge is -2.39. The third-order valence-corrected chi connectivity index (χ3v) is 6.86. The van der Waals surface area contributed by atoms with Gasteiger partial charge in [0.05, 0.1) is 16.2 Å². The fourth-order valence-electron chi connectivity index (χ4n) is 4.16. The van der Waals surface area contributed by atoms with Crippen molar-refractivity contribution in [1.82, 2.24) is 20.4 Å². The number of benzene rings is 2. The molecular weight excluding hydrogens is 573 g/mol. The zero-order valence-corrected chi connectivity index (χ0v) is 23.9. The monoisotopic (exact) mass is 598 g/mol. The lowest BCUT2D eigenvalue weighted by molar-refractivity contribution is 0.0652. The normalized spacial score (nSPS) is 14.8. The average Bonchev–Trinajstić information content (AvgIpc) is 2.94. The molecule has 14 heteroatoms. The highest BCUT2D eigenvalue weighted by atomic mass is 35.5. The summed E-state index contributed by atoms with van der Waals surface area (Å²) < 4.78 is 24.8. The quantitative estimate of drug-likeness (QED) is 0.224. The minimum Gasteiger partial charge on any atom is -0.525 e. The number of hydrogen-bond donors (Lipinski definition) is 3. The third-order valence-electron chi connectivity index (χ3n) is 6.15. The molecular formula is C27H26BCl2FN6O4. The van der Waals surface area contributed by atoms with Gasteiger partial charge in [-0.25, -0.2) is 4.39 Å². The molecule has 4 N–H and O–H groups in total. The summed E-state index contributed by atoms with van der Waals surface area (Å²) in [6.45, 7) is 5.99. The van der Waals surface area contributed by atoms with Gasteiger partial charge < -0.3 is 30.7 Å². The summed E-state index contributed by atoms with van der Waals surface area (Å²) in [5.74, 6) is 0.961. The van der Waals surface area contributed by atoms with Gasteiger partial charge in [-0.15, -0.1) is 10.2 Å². The standard InChI is InChI=1S/C27H26BCl2FN6O4/c1-27(2)14-37(11-10-33-27)26(39)15-3-5-16(6-4-15)34-25(38)19-13-21(24(32)36-35-19)41-20(9-12-40-28)22-17(29)7-8-18(31)23(22)30/h3-8,13,20,33H,10-11,14,28H2,1-2H3,(H2,32,36)(H,34,38)/t20-/m1/s1. The largest absolute Gasteiger partial charge is 0.525 e. The van der Waals surface area contributed by atoms with Crippen molar-refractivity contribution in [1.29, 1.82) is 0 Å². The molecule has 1 fully saturated rings. The second-order valence-corrected chi connectivity index (χ2v) is 10.5. The number of aromatic nitrogens is 2. The molecule has 0 saturated carbocycles. The summed E-state index contributed by atoms with van der Waals surface area (Å²) in [6, 6.07) is 10.2. The molecule has 0 aliphatic carbocycles. The van der Waals surface area contributed by atoms with Gasteiger partial charge >= 0.3 is 8.05 Å². The van der Waals surface area contributed by atoms with Crippen LogP contribution >= 0.6 is 23.2 Å². The number of nitrogens with zero attached hydrogens (tertiary/aromatic N) is 3. The smallest absolute Gasteiger partial charge is 0.337 e. The van der Waals surface area contributed by atoms with Gasteiger partial charge in [-0.05, 0) is 56.2 Å². The molecule has 2 heterocycles. The minimum absolute atomic E-state index is 0.0408. The van der Waals surface area contributed by atoms with Crippen molar-refractivity contribution in [3.8, 4) is 17.8 Å². The van der Waals surface area contributed by atoms with Crippen molar-refractivity contribution in [2.45, 2.75) is 25.5 Å². The highest BCUT2D eigenvalue weighted by Gasteiger charge is 2.29. The highest BCUT2D eigenvalue weighted by Crippen LogP contribution is 2.36. The van der Waals surface area contributed by atoms with E-state index in [2.05, 4.69) is 32.9 Å². The maximum atomic E-state index is 14.2. The van der Waals surface area contributed by atoms with Gasteiger partial charge in [-0.3, -0.25) is 9.59 Å². The molecule has 2 aromatic carbocycles. The highest BCUT2D eigenvalue weighted by molar-refractivity contribution is 6.36. The number of hydrogen-bond acceptors (Lipinski definition) is 8. The predicted octanol–water partition coefficient (Wildman–Crippen LogP) is 3.23. The number of carbonyl (C=O) groups is 2. The van der Waals surface area contributed by atoms with E-state index >= 15 is 0 Å². The van der Waals surface area contributed by atoms with Crippen molar-refractivity contribution in [3.63, 3.8) is 0 Å². The molecule has 0 spiro atoms. The fourth-order valence-corrected chi connectivity index (χ4v) is 4.73. The third kappa shape index (κ3) is 7.19.